The van der Waals surface area contributed by atoms with Crippen molar-refractivity contribution in [3.63, 3.8) is 0 Å². The minimum atomic E-state index is -3.76. The van der Waals surface area contributed by atoms with Crippen molar-refractivity contribution in [3.05, 3.63) is 30.3 Å². The van der Waals surface area contributed by atoms with Gasteiger partial charge in [-0.05, 0) is 32.9 Å². The number of nitrogens with one attached hydrogen (secondary N) is 1. The fraction of sp³-hybridized carbons (Fsp3) is 0.788. The molecule has 0 aliphatic carbocycles. The zero-order valence-electron chi connectivity index (χ0n) is 30.0. The molecule has 0 bridgehead atoms. The van der Waals surface area contributed by atoms with Gasteiger partial charge in [0.1, 0.15) is 5.60 Å². The van der Waals surface area contributed by atoms with Gasteiger partial charge in [-0.3, -0.25) is 4.18 Å². The maximum atomic E-state index is 12.0. The standard InChI is InChI=1S/C33H59NO15S/c1-33(2,3)49-32(35)34-9-10-38-11-12-39-13-14-40-15-16-41-17-18-42-19-20-43-21-22-44-23-24-45-25-26-46-27-28-47-29-30-48-50(36,37)31-7-5-4-6-8-31/h4-8H,9-30H2,1-3H3,(H,34,35). The van der Waals surface area contributed by atoms with Crippen LogP contribution in [-0.2, 0) is 66.4 Å². The lowest BCUT2D eigenvalue weighted by atomic mass is 10.2. The van der Waals surface area contributed by atoms with Gasteiger partial charge in [0.25, 0.3) is 10.1 Å². The van der Waals surface area contributed by atoms with Crippen molar-refractivity contribution >= 4 is 16.2 Å². The van der Waals surface area contributed by atoms with Crippen molar-refractivity contribution in [1.82, 2.24) is 5.32 Å². The second kappa shape index (κ2) is 31.7. The molecule has 0 saturated heterocycles. The molecule has 0 heterocycles. The minimum Gasteiger partial charge on any atom is -0.444 e. The van der Waals surface area contributed by atoms with Gasteiger partial charge in [-0.1, -0.05) is 18.2 Å². The van der Waals surface area contributed by atoms with Crippen molar-refractivity contribution in [1.29, 1.82) is 0 Å². The summed E-state index contributed by atoms with van der Waals surface area (Å²) in [6.07, 6.45) is -0.459. The summed E-state index contributed by atoms with van der Waals surface area (Å²) < 4.78 is 88.3. The summed E-state index contributed by atoms with van der Waals surface area (Å²) in [5.74, 6) is 0. The molecule has 0 unspecified atom stereocenters. The molecule has 0 aromatic heterocycles. The van der Waals surface area contributed by atoms with E-state index in [2.05, 4.69) is 5.32 Å². The first-order chi connectivity index (χ1) is 24.2. The first kappa shape index (κ1) is 46.0. The lowest BCUT2D eigenvalue weighted by Crippen LogP contribution is -2.34. The number of amides is 1. The SMILES string of the molecule is CC(C)(C)OC(=O)NCCOCCOCCOCCOCCOCCOCCOCCOCCOCCOCCOS(=O)(=O)c1ccccc1. The maximum Gasteiger partial charge on any atom is 0.407 e. The van der Waals surface area contributed by atoms with E-state index in [9.17, 15) is 13.2 Å². The highest BCUT2D eigenvalue weighted by molar-refractivity contribution is 7.86. The molecule has 1 aromatic carbocycles. The van der Waals surface area contributed by atoms with Crippen LogP contribution in [0.25, 0.3) is 0 Å². The predicted octanol–water partition coefficient (Wildman–Crippen LogP) is 2.08. The van der Waals surface area contributed by atoms with Crippen LogP contribution in [0, 0.1) is 0 Å². The Kier molecular flexibility index (Phi) is 29.2. The third-order valence-corrected chi connectivity index (χ3v) is 7.09. The molecule has 1 rings (SSSR count). The third-order valence-electron chi connectivity index (χ3n) is 5.76. The van der Waals surface area contributed by atoms with Gasteiger partial charge in [-0.2, -0.15) is 8.42 Å². The highest BCUT2D eigenvalue weighted by Crippen LogP contribution is 2.10. The van der Waals surface area contributed by atoms with Crippen LogP contribution in [0.1, 0.15) is 20.8 Å². The number of rotatable bonds is 35. The number of benzene rings is 1. The summed E-state index contributed by atoms with van der Waals surface area (Å²) in [5.41, 5.74) is -0.518. The molecule has 1 N–H and O–H groups in total. The van der Waals surface area contributed by atoms with Gasteiger partial charge in [0.15, 0.2) is 0 Å². The molecule has 0 saturated carbocycles. The number of carbonyl (C=O) groups is 1. The van der Waals surface area contributed by atoms with Gasteiger partial charge in [0.05, 0.1) is 144 Å². The highest BCUT2D eigenvalue weighted by atomic mass is 32.2. The summed E-state index contributed by atoms with van der Waals surface area (Å²) in [5, 5.41) is 2.62. The van der Waals surface area contributed by atoms with E-state index in [-0.39, 0.29) is 18.1 Å². The summed E-state index contributed by atoms with van der Waals surface area (Å²) in [7, 11) is -3.76. The van der Waals surface area contributed by atoms with E-state index in [0.717, 1.165) is 0 Å². The maximum absolute atomic E-state index is 12.0. The van der Waals surface area contributed by atoms with Crippen LogP contribution in [0.5, 0.6) is 0 Å². The molecule has 1 aromatic rings. The first-order valence-corrected chi connectivity index (χ1v) is 18.3. The normalized spacial score (nSPS) is 12.0. The molecule has 50 heavy (non-hydrogen) atoms. The zero-order chi connectivity index (χ0) is 36.4. The van der Waals surface area contributed by atoms with Gasteiger partial charge in [0, 0.05) is 6.54 Å². The summed E-state index contributed by atoms with van der Waals surface area (Å²) in [4.78, 5) is 11.6. The molecule has 1 amide bonds. The van der Waals surface area contributed by atoms with E-state index in [1.807, 2.05) is 20.8 Å². The molecule has 0 spiro atoms. The Morgan fingerprint density at radius 3 is 1.12 bits per heavy atom. The van der Waals surface area contributed by atoms with Crippen LogP contribution < -0.4 is 5.32 Å². The largest absolute Gasteiger partial charge is 0.444 e. The molecule has 17 heteroatoms. The second-order valence-electron chi connectivity index (χ2n) is 11.1. The quantitative estimate of drug-likeness (QED) is 0.0791. The molecular weight excluding hydrogens is 682 g/mol. The smallest absolute Gasteiger partial charge is 0.407 e. The monoisotopic (exact) mass is 741 g/mol. The van der Waals surface area contributed by atoms with Gasteiger partial charge in [0.2, 0.25) is 0 Å². The van der Waals surface area contributed by atoms with E-state index in [1.54, 1.807) is 18.2 Å². The molecule has 0 aliphatic heterocycles. The topological polar surface area (TPSA) is 174 Å². The Morgan fingerprint density at radius 1 is 0.500 bits per heavy atom. The van der Waals surface area contributed by atoms with E-state index in [1.165, 1.54) is 12.1 Å². The fourth-order valence-electron chi connectivity index (χ4n) is 3.48. The number of ether oxygens (including phenoxy) is 11. The minimum absolute atomic E-state index is 0.0636. The van der Waals surface area contributed by atoms with Crippen LogP contribution in [0.2, 0.25) is 0 Å². The first-order valence-electron chi connectivity index (χ1n) is 16.9. The third kappa shape index (κ3) is 30.8. The van der Waals surface area contributed by atoms with Crippen LogP contribution in [-0.4, -0.2) is 165 Å². The molecule has 0 aliphatic rings. The summed E-state index contributed by atoms with van der Waals surface area (Å²) in [6, 6.07) is 7.96. The fourth-order valence-corrected chi connectivity index (χ4v) is 4.39. The Hall–Kier alpha value is -2.00. The van der Waals surface area contributed by atoms with Crippen molar-refractivity contribution in [2.45, 2.75) is 31.3 Å². The lowest BCUT2D eigenvalue weighted by molar-refractivity contribution is -0.0266. The van der Waals surface area contributed by atoms with Gasteiger partial charge >= 0.3 is 6.09 Å². The van der Waals surface area contributed by atoms with Crippen LogP contribution >= 0.6 is 0 Å². The number of alkyl carbamates (subject to hydrolysis) is 1. The van der Waals surface area contributed by atoms with Crippen molar-refractivity contribution in [2.75, 3.05) is 145 Å². The average molecular weight is 742 g/mol. The zero-order valence-corrected chi connectivity index (χ0v) is 30.8. The van der Waals surface area contributed by atoms with Gasteiger partial charge < -0.3 is 57.4 Å². The molecule has 0 fully saturated rings. The van der Waals surface area contributed by atoms with Gasteiger partial charge in [-0.15, -0.1) is 0 Å². The molecule has 0 atom stereocenters. The van der Waals surface area contributed by atoms with Crippen LogP contribution in [0.4, 0.5) is 4.79 Å². The number of carbonyl (C=O) groups excluding carboxylic acids is 1. The second-order valence-corrected chi connectivity index (χ2v) is 12.8. The predicted molar refractivity (Wildman–Crippen MR) is 182 cm³/mol. The Balaban J connectivity index is 1.67. The summed E-state index contributed by atoms with van der Waals surface area (Å²) >= 11 is 0. The average Bonchev–Trinajstić information content (AvgIpc) is 3.08. The van der Waals surface area contributed by atoms with Gasteiger partial charge in [-0.25, -0.2) is 4.79 Å². The molecule has 292 valence electrons. The van der Waals surface area contributed by atoms with E-state index >= 15 is 0 Å². The molecule has 16 nitrogen and oxygen atoms in total. The van der Waals surface area contributed by atoms with Crippen LogP contribution in [0.15, 0.2) is 35.2 Å². The van der Waals surface area contributed by atoms with E-state index in [0.29, 0.717) is 132 Å². The molecular formula is C33H59NO15S. The van der Waals surface area contributed by atoms with E-state index in [4.69, 9.17) is 56.3 Å². The van der Waals surface area contributed by atoms with Crippen molar-refractivity contribution < 1.29 is 69.5 Å². The van der Waals surface area contributed by atoms with E-state index < -0.39 is 21.8 Å². The Labute approximate surface area is 297 Å². The molecule has 0 radical (unpaired) electrons. The Bertz CT molecular complexity index is 1010. The van der Waals surface area contributed by atoms with Crippen molar-refractivity contribution in [3.8, 4) is 0 Å². The Morgan fingerprint density at radius 2 is 0.800 bits per heavy atom. The number of hydrogen-bond acceptors (Lipinski definition) is 15. The summed E-state index contributed by atoms with van der Waals surface area (Å²) in [6.45, 7) is 14.3. The lowest BCUT2D eigenvalue weighted by Gasteiger charge is -2.19. The van der Waals surface area contributed by atoms with Crippen LogP contribution in [0.3, 0.4) is 0 Å². The van der Waals surface area contributed by atoms with Crippen molar-refractivity contribution in [2.24, 2.45) is 0 Å². The number of hydrogen-bond donors (Lipinski definition) is 1. The highest BCUT2D eigenvalue weighted by Gasteiger charge is 2.15.